The molecule has 0 aliphatic heterocycles. The zero-order valence-corrected chi connectivity index (χ0v) is 24.7. The second-order valence-corrected chi connectivity index (χ2v) is 13.2. The number of benzene rings is 1. The lowest BCUT2D eigenvalue weighted by molar-refractivity contribution is -0.139. The van der Waals surface area contributed by atoms with Gasteiger partial charge in [0.25, 0.3) is 12.4 Å². The van der Waals surface area contributed by atoms with Crippen molar-refractivity contribution >= 4 is 47.3 Å². The van der Waals surface area contributed by atoms with E-state index in [1.165, 1.54) is 12.5 Å². The highest BCUT2D eigenvalue weighted by Gasteiger charge is 2.38. The average molecular weight is 606 g/mol. The highest BCUT2D eigenvalue weighted by atomic mass is 35.5. The molecule has 0 saturated heterocycles. The maximum atomic E-state index is 14.2. The number of hydrogen-bond donors (Lipinski definition) is 3. The molecule has 3 N–H and O–H groups in total. The number of carbonyl (C=O) groups excluding carboxylic acids is 1. The topological polar surface area (TPSA) is 91.3 Å². The Morgan fingerprint density at radius 1 is 1.15 bits per heavy atom. The van der Waals surface area contributed by atoms with Crippen molar-refractivity contribution in [3.63, 3.8) is 0 Å². The smallest absolute Gasteiger partial charge is 0.418 e. The van der Waals surface area contributed by atoms with Gasteiger partial charge in [0, 0.05) is 22.0 Å². The minimum atomic E-state index is -4.63. The van der Waals surface area contributed by atoms with E-state index in [4.69, 9.17) is 21.5 Å². The van der Waals surface area contributed by atoms with E-state index >= 15 is 0 Å². The van der Waals surface area contributed by atoms with Crippen LogP contribution in [0.4, 0.5) is 13.2 Å². The fraction of sp³-hybridized carbons (Fsp3) is 0.593. The zero-order valence-electron chi connectivity index (χ0n) is 22.3. The summed E-state index contributed by atoms with van der Waals surface area (Å²) in [6.45, 7) is 5.40. The first kappa shape index (κ1) is 31.7. The normalized spacial score (nSPS) is 16.7. The standard InChI is InChI=1S/C26H33ClF3N3OS2.CH2O2/c1-25(2,3)33-36-19-13-12-17(21(27)20(19)26(28,29)30)22-18(14-15-8-5-4-6-9-15)32-24(35-22)23(34)31-16-10-7-11-16;2-1-3/h12-13,15-16,33H,4-11,14H2,1-3H3,(H,31,34);1H,(H,2,3). The molecule has 12 heteroatoms. The van der Waals surface area contributed by atoms with Crippen LogP contribution in [0.1, 0.15) is 93.2 Å². The zero-order chi connectivity index (χ0) is 28.8. The largest absolute Gasteiger partial charge is 0.483 e. The summed E-state index contributed by atoms with van der Waals surface area (Å²) in [4.78, 5) is 26.5. The van der Waals surface area contributed by atoms with Crippen molar-refractivity contribution in [3.05, 3.63) is 33.4 Å². The third kappa shape index (κ3) is 8.83. The van der Waals surface area contributed by atoms with E-state index in [-0.39, 0.29) is 39.4 Å². The minimum Gasteiger partial charge on any atom is -0.483 e. The Balaban J connectivity index is 0.00000134. The van der Waals surface area contributed by atoms with Crippen LogP contribution in [0.25, 0.3) is 10.4 Å². The van der Waals surface area contributed by atoms with Crippen LogP contribution in [-0.4, -0.2) is 34.1 Å². The van der Waals surface area contributed by atoms with Crippen molar-refractivity contribution in [2.24, 2.45) is 5.92 Å². The number of alkyl halides is 3. The summed E-state index contributed by atoms with van der Waals surface area (Å²) in [5.74, 6) is 0.156. The van der Waals surface area contributed by atoms with Crippen LogP contribution in [0, 0.1) is 5.92 Å². The number of aromatic nitrogens is 1. The van der Waals surface area contributed by atoms with E-state index < -0.39 is 11.7 Å². The molecule has 2 saturated carbocycles. The van der Waals surface area contributed by atoms with Crippen molar-refractivity contribution in [2.45, 2.75) is 101 Å². The Bertz CT molecular complexity index is 1140. The Morgan fingerprint density at radius 2 is 1.79 bits per heavy atom. The van der Waals surface area contributed by atoms with Gasteiger partial charge in [-0.1, -0.05) is 49.8 Å². The highest BCUT2D eigenvalue weighted by Crippen LogP contribution is 2.47. The average Bonchev–Trinajstić information content (AvgIpc) is 3.23. The molecule has 1 aromatic carbocycles. The quantitative estimate of drug-likeness (QED) is 0.219. The number of hydrogen-bond acceptors (Lipinski definition) is 6. The van der Waals surface area contributed by atoms with E-state index in [2.05, 4.69) is 15.0 Å². The molecular formula is C27H35ClF3N3O3S2. The molecule has 2 aromatic rings. The molecular weight excluding hydrogens is 571 g/mol. The summed E-state index contributed by atoms with van der Waals surface area (Å²) in [7, 11) is 0. The summed E-state index contributed by atoms with van der Waals surface area (Å²) in [6.07, 6.45) is 4.62. The molecule has 0 radical (unpaired) electrons. The van der Waals surface area contributed by atoms with Gasteiger partial charge in [0.1, 0.15) is 0 Å². The Kier molecular flexibility index (Phi) is 11.1. The van der Waals surface area contributed by atoms with Gasteiger partial charge in [0.05, 0.1) is 21.2 Å². The second-order valence-electron chi connectivity index (χ2n) is 11.0. The van der Waals surface area contributed by atoms with E-state index in [0.717, 1.165) is 68.2 Å². The van der Waals surface area contributed by atoms with E-state index in [1.807, 2.05) is 20.8 Å². The van der Waals surface area contributed by atoms with Gasteiger partial charge in [-0.3, -0.25) is 14.3 Å². The maximum absolute atomic E-state index is 14.2. The number of amides is 1. The molecule has 1 heterocycles. The lowest BCUT2D eigenvalue weighted by Gasteiger charge is -2.25. The van der Waals surface area contributed by atoms with Gasteiger partial charge in [-0.2, -0.15) is 13.2 Å². The van der Waals surface area contributed by atoms with Crippen LogP contribution in [0.3, 0.4) is 0 Å². The van der Waals surface area contributed by atoms with Gasteiger partial charge < -0.3 is 10.4 Å². The van der Waals surface area contributed by atoms with Crippen molar-refractivity contribution < 1.29 is 27.9 Å². The first-order chi connectivity index (χ1) is 18.3. The third-order valence-corrected chi connectivity index (χ3v) is 9.43. The fourth-order valence-electron chi connectivity index (χ4n) is 4.55. The Labute approximate surface area is 240 Å². The Morgan fingerprint density at radius 3 is 2.33 bits per heavy atom. The molecule has 2 aliphatic carbocycles. The number of carbonyl (C=O) groups is 2. The number of nitrogens with one attached hydrogen (secondary N) is 2. The summed E-state index contributed by atoms with van der Waals surface area (Å²) >= 11 is 8.59. The third-order valence-electron chi connectivity index (χ3n) is 6.64. The molecule has 6 nitrogen and oxygen atoms in total. The maximum Gasteiger partial charge on any atom is 0.418 e. The predicted molar refractivity (Wildman–Crippen MR) is 150 cm³/mol. The molecule has 0 atom stereocenters. The van der Waals surface area contributed by atoms with Crippen LogP contribution in [0.15, 0.2) is 17.0 Å². The van der Waals surface area contributed by atoms with Crippen LogP contribution >= 0.6 is 34.9 Å². The SMILES string of the molecule is CC(C)(C)NSc1ccc(-c2sc(C(=O)NC3CCC3)nc2CC2CCCCC2)c(Cl)c1C(F)(F)F.O=CO. The van der Waals surface area contributed by atoms with Crippen molar-refractivity contribution in [3.8, 4) is 10.4 Å². The summed E-state index contributed by atoms with van der Waals surface area (Å²) < 4.78 is 45.7. The lowest BCUT2D eigenvalue weighted by Crippen LogP contribution is -2.39. The van der Waals surface area contributed by atoms with E-state index in [1.54, 1.807) is 6.07 Å². The number of carboxylic acid groups (broad SMARTS) is 1. The highest BCUT2D eigenvalue weighted by molar-refractivity contribution is 7.97. The van der Waals surface area contributed by atoms with Gasteiger partial charge in [-0.25, -0.2) is 4.98 Å². The molecule has 4 rings (SSSR count). The van der Waals surface area contributed by atoms with Gasteiger partial charge in [-0.05, 0) is 70.4 Å². The molecule has 1 amide bonds. The Hall–Kier alpha value is -1.82. The van der Waals surface area contributed by atoms with Crippen molar-refractivity contribution in [1.82, 2.24) is 15.0 Å². The number of halogens is 4. The summed E-state index contributed by atoms with van der Waals surface area (Å²) in [5.41, 5.74) is -0.281. The number of nitrogens with zero attached hydrogens (tertiary/aromatic N) is 1. The van der Waals surface area contributed by atoms with Gasteiger partial charge in [0.15, 0.2) is 5.01 Å². The lowest BCUT2D eigenvalue weighted by atomic mass is 9.85. The first-order valence-electron chi connectivity index (χ1n) is 13.1. The second kappa shape index (κ2) is 13.7. The van der Waals surface area contributed by atoms with Crippen molar-refractivity contribution in [1.29, 1.82) is 0 Å². The number of rotatable bonds is 7. The summed E-state index contributed by atoms with van der Waals surface area (Å²) in [5, 5.41) is 9.84. The molecule has 2 aliphatic rings. The molecule has 216 valence electrons. The van der Waals surface area contributed by atoms with E-state index in [9.17, 15) is 18.0 Å². The molecule has 2 fully saturated rings. The predicted octanol–water partition coefficient (Wildman–Crippen LogP) is 7.98. The van der Waals surface area contributed by atoms with Gasteiger partial charge in [-0.15, -0.1) is 11.3 Å². The number of thiazole rings is 1. The summed E-state index contributed by atoms with van der Waals surface area (Å²) in [6, 6.07) is 3.25. The van der Waals surface area contributed by atoms with Crippen LogP contribution in [-0.2, 0) is 17.4 Å². The van der Waals surface area contributed by atoms with Gasteiger partial charge in [0.2, 0.25) is 0 Å². The van der Waals surface area contributed by atoms with Crippen LogP contribution < -0.4 is 10.0 Å². The molecule has 0 unspecified atom stereocenters. The monoisotopic (exact) mass is 605 g/mol. The molecule has 0 spiro atoms. The van der Waals surface area contributed by atoms with Crippen molar-refractivity contribution in [2.75, 3.05) is 0 Å². The molecule has 1 aromatic heterocycles. The molecule has 0 bridgehead atoms. The van der Waals surface area contributed by atoms with E-state index in [0.29, 0.717) is 27.9 Å². The van der Waals surface area contributed by atoms with Crippen LogP contribution in [0.5, 0.6) is 0 Å². The van der Waals surface area contributed by atoms with Gasteiger partial charge >= 0.3 is 6.18 Å². The first-order valence-corrected chi connectivity index (χ1v) is 15.1. The minimum absolute atomic E-state index is 0.0208. The molecule has 39 heavy (non-hydrogen) atoms. The van der Waals surface area contributed by atoms with Crippen LogP contribution in [0.2, 0.25) is 5.02 Å². The fourth-order valence-corrected chi connectivity index (χ4v) is 6.93.